The van der Waals surface area contributed by atoms with Gasteiger partial charge < -0.3 is 29.7 Å². The lowest BCUT2D eigenvalue weighted by Crippen LogP contribution is -2.45. The van der Waals surface area contributed by atoms with E-state index in [4.69, 9.17) is 14.2 Å². The second kappa shape index (κ2) is 12.7. The first-order valence-corrected chi connectivity index (χ1v) is 14.8. The molecule has 232 valence electrons. The van der Waals surface area contributed by atoms with Crippen LogP contribution in [0.2, 0.25) is 0 Å². The number of benzene rings is 3. The number of hydrogen-bond acceptors (Lipinski definition) is 7. The molecule has 11 nitrogen and oxygen atoms in total. The summed E-state index contributed by atoms with van der Waals surface area (Å²) < 4.78 is 19.4. The summed E-state index contributed by atoms with van der Waals surface area (Å²) in [5.41, 5.74) is 4.71. The van der Waals surface area contributed by atoms with Crippen LogP contribution in [0.4, 0.5) is 0 Å². The van der Waals surface area contributed by atoms with E-state index in [9.17, 15) is 14.4 Å². The minimum atomic E-state index is -0.508. The van der Waals surface area contributed by atoms with Crippen molar-refractivity contribution in [2.75, 3.05) is 26.8 Å². The summed E-state index contributed by atoms with van der Waals surface area (Å²) >= 11 is 0. The number of amides is 3. The first-order chi connectivity index (χ1) is 21.7. The molecule has 1 fully saturated rings. The molecular weight excluding hydrogens is 574 g/mol. The van der Waals surface area contributed by atoms with E-state index in [0.717, 1.165) is 22.5 Å². The average molecular weight is 610 g/mol. The highest BCUT2D eigenvalue weighted by Gasteiger charge is 2.38. The maximum absolute atomic E-state index is 13.8. The number of nitrogens with zero attached hydrogens (tertiary/aromatic N) is 3. The van der Waals surface area contributed by atoms with E-state index >= 15 is 0 Å². The summed E-state index contributed by atoms with van der Waals surface area (Å²) in [5.74, 6) is 0.426. The SMILES string of the molecule is COc1ccc2cc1OCC(=O)NCc1ccc(cc1)O[C@H]1CN(C(=O)c3cccc(Cn4nc(C)cc4C)c3)C[C@@H]1NC2=O. The number of fused-ring (bicyclic) bond motifs is 7. The molecule has 3 aromatic carbocycles. The van der Waals surface area contributed by atoms with Gasteiger partial charge in [-0.2, -0.15) is 5.10 Å². The molecule has 2 N–H and O–H groups in total. The molecule has 0 radical (unpaired) electrons. The summed E-state index contributed by atoms with van der Waals surface area (Å²) in [6, 6.07) is 21.2. The molecule has 4 heterocycles. The summed E-state index contributed by atoms with van der Waals surface area (Å²) in [6.45, 7) is 5.12. The second-order valence-electron chi connectivity index (χ2n) is 11.3. The quantitative estimate of drug-likeness (QED) is 0.364. The third-order valence-corrected chi connectivity index (χ3v) is 7.96. The number of carbonyl (C=O) groups is 3. The van der Waals surface area contributed by atoms with Crippen molar-refractivity contribution in [3.63, 3.8) is 0 Å². The van der Waals surface area contributed by atoms with E-state index in [0.29, 0.717) is 35.7 Å². The Hall–Kier alpha value is -5.32. The van der Waals surface area contributed by atoms with Gasteiger partial charge in [0, 0.05) is 29.9 Å². The fraction of sp³-hybridized carbons (Fsp3) is 0.294. The number of likely N-dealkylation sites (tertiary alicyclic amines) is 1. The number of aryl methyl sites for hydroxylation is 2. The van der Waals surface area contributed by atoms with Gasteiger partial charge in [0.1, 0.15) is 11.9 Å². The van der Waals surface area contributed by atoms with Crippen LogP contribution >= 0.6 is 0 Å². The molecule has 11 heteroatoms. The molecule has 1 aromatic heterocycles. The van der Waals surface area contributed by atoms with Crippen molar-refractivity contribution >= 4 is 17.7 Å². The standard InChI is InChI=1S/C34H35N5O6/c1-21-13-22(2)39(37-21)17-24-5-4-6-26(14-24)34(42)38-18-28-31(19-38)45-27-10-7-23(8-11-27)16-35-32(40)20-44-30-15-25(33(41)36-28)9-12-29(30)43-3/h4-15,28,31H,16-20H2,1-3H3,(H,35,40)(H,36,41)/t28-,31-/m0/s1. The van der Waals surface area contributed by atoms with Crippen LogP contribution in [0, 0.1) is 13.8 Å². The van der Waals surface area contributed by atoms with E-state index in [1.165, 1.54) is 13.2 Å². The van der Waals surface area contributed by atoms with Gasteiger partial charge in [0.05, 0.1) is 31.9 Å². The summed E-state index contributed by atoms with van der Waals surface area (Å²) in [5, 5.41) is 10.4. The molecule has 0 unspecified atom stereocenters. The second-order valence-corrected chi connectivity index (χ2v) is 11.3. The van der Waals surface area contributed by atoms with Gasteiger partial charge in [-0.25, -0.2) is 0 Å². The van der Waals surface area contributed by atoms with Gasteiger partial charge in [0.15, 0.2) is 18.1 Å². The zero-order chi connectivity index (χ0) is 31.5. The molecule has 45 heavy (non-hydrogen) atoms. The first kappa shape index (κ1) is 29.7. The van der Waals surface area contributed by atoms with E-state index in [1.807, 2.05) is 67.1 Å². The third-order valence-electron chi connectivity index (χ3n) is 7.96. The van der Waals surface area contributed by atoms with Crippen molar-refractivity contribution in [2.24, 2.45) is 0 Å². The van der Waals surface area contributed by atoms with E-state index < -0.39 is 12.1 Å². The predicted octanol–water partition coefficient (Wildman–Crippen LogP) is 3.27. The monoisotopic (exact) mass is 609 g/mol. The lowest BCUT2D eigenvalue weighted by molar-refractivity contribution is -0.123. The Labute approximate surface area is 261 Å². The number of nitrogens with one attached hydrogen (secondary N) is 2. The molecule has 7 rings (SSSR count). The lowest BCUT2D eigenvalue weighted by Gasteiger charge is -2.21. The average Bonchev–Trinajstić information content (AvgIpc) is 3.58. The molecule has 1 saturated heterocycles. The van der Waals surface area contributed by atoms with Gasteiger partial charge in [0.2, 0.25) is 0 Å². The Bertz CT molecular complexity index is 1730. The fourth-order valence-corrected chi connectivity index (χ4v) is 5.63. The van der Waals surface area contributed by atoms with Gasteiger partial charge in [0.25, 0.3) is 17.7 Å². The van der Waals surface area contributed by atoms with Gasteiger partial charge >= 0.3 is 0 Å². The molecule has 0 spiro atoms. The Kier molecular flexibility index (Phi) is 8.41. The maximum atomic E-state index is 13.8. The fourth-order valence-electron chi connectivity index (χ4n) is 5.63. The van der Waals surface area contributed by atoms with Crippen molar-refractivity contribution in [2.45, 2.75) is 39.1 Å². The number of hydrogen-bond donors (Lipinski definition) is 2. The van der Waals surface area contributed by atoms with Crippen molar-refractivity contribution in [3.05, 3.63) is 106 Å². The van der Waals surface area contributed by atoms with E-state index in [2.05, 4.69) is 15.7 Å². The Morgan fingerprint density at radius 2 is 1.84 bits per heavy atom. The molecule has 3 aliphatic rings. The van der Waals surface area contributed by atoms with Crippen LogP contribution in [0.15, 0.2) is 72.8 Å². The van der Waals surface area contributed by atoms with Gasteiger partial charge in [-0.15, -0.1) is 0 Å². The number of aromatic nitrogens is 2. The molecule has 0 aliphatic carbocycles. The minimum Gasteiger partial charge on any atom is -0.493 e. The van der Waals surface area contributed by atoms with Crippen LogP contribution in [0.1, 0.15) is 43.2 Å². The van der Waals surface area contributed by atoms with Gasteiger partial charge in [-0.1, -0.05) is 24.3 Å². The van der Waals surface area contributed by atoms with Gasteiger partial charge in [-0.3, -0.25) is 19.1 Å². The largest absolute Gasteiger partial charge is 0.493 e. The van der Waals surface area contributed by atoms with Crippen LogP contribution in [0.5, 0.6) is 17.2 Å². The number of ether oxygens (including phenoxy) is 3. The number of methoxy groups -OCH3 is 1. The maximum Gasteiger partial charge on any atom is 0.258 e. The Balaban J connectivity index is 1.26. The van der Waals surface area contributed by atoms with Crippen LogP contribution in [-0.2, 0) is 17.9 Å². The Morgan fingerprint density at radius 3 is 2.60 bits per heavy atom. The van der Waals surface area contributed by atoms with Crippen molar-refractivity contribution in [1.82, 2.24) is 25.3 Å². The summed E-state index contributed by atoms with van der Waals surface area (Å²) in [6.07, 6.45) is -0.508. The van der Waals surface area contributed by atoms with E-state index in [1.54, 1.807) is 23.1 Å². The molecule has 2 atom stereocenters. The minimum absolute atomic E-state index is 0.149. The highest BCUT2D eigenvalue weighted by molar-refractivity contribution is 5.96. The summed E-state index contributed by atoms with van der Waals surface area (Å²) in [7, 11) is 1.49. The molecular formula is C34H35N5O6. The number of rotatable bonds is 4. The Morgan fingerprint density at radius 1 is 1.02 bits per heavy atom. The topological polar surface area (TPSA) is 124 Å². The van der Waals surface area contributed by atoms with Crippen LogP contribution in [0.25, 0.3) is 0 Å². The summed E-state index contributed by atoms with van der Waals surface area (Å²) in [4.78, 5) is 41.4. The zero-order valence-electron chi connectivity index (χ0n) is 25.4. The van der Waals surface area contributed by atoms with Crippen molar-refractivity contribution < 1.29 is 28.6 Å². The highest BCUT2D eigenvalue weighted by Crippen LogP contribution is 2.29. The van der Waals surface area contributed by atoms with Crippen LogP contribution in [0.3, 0.4) is 0 Å². The molecule has 0 saturated carbocycles. The normalized spacial score (nSPS) is 18.2. The third kappa shape index (κ3) is 6.77. The smallest absolute Gasteiger partial charge is 0.258 e. The van der Waals surface area contributed by atoms with Crippen LogP contribution in [-0.4, -0.2) is 71.4 Å². The number of carbonyl (C=O) groups excluding carboxylic acids is 3. The predicted molar refractivity (Wildman–Crippen MR) is 166 cm³/mol. The lowest BCUT2D eigenvalue weighted by atomic mass is 10.1. The zero-order valence-corrected chi connectivity index (χ0v) is 25.4. The first-order valence-electron chi connectivity index (χ1n) is 14.8. The van der Waals surface area contributed by atoms with Crippen LogP contribution < -0.4 is 24.8 Å². The van der Waals surface area contributed by atoms with Crippen molar-refractivity contribution in [1.29, 1.82) is 0 Å². The molecule has 4 bridgehead atoms. The molecule has 3 amide bonds. The van der Waals surface area contributed by atoms with Crippen molar-refractivity contribution in [3.8, 4) is 17.2 Å². The molecule has 3 aliphatic heterocycles. The van der Waals surface area contributed by atoms with E-state index in [-0.39, 0.29) is 43.2 Å². The molecule has 4 aromatic rings. The van der Waals surface area contributed by atoms with Gasteiger partial charge in [-0.05, 0) is 73.5 Å². The highest BCUT2D eigenvalue weighted by atomic mass is 16.5.